The highest BCUT2D eigenvalue weighted by molar-refractivity contribution is 9.10. The number of benzene rings is 2. The topological polar surface area (TPSA) is 71.3 Å². The molecule has 7 nitrogen and oxygen atoms in total. The number of rotatable bonds is 10. The van der Waals surface area contributed by atoms with Gasteiger partial charge in [0.15, 0.2) is 4.83 Å². The van der Waals surface area contributed by atoms with Crippen LogP contribution in [0.5, 0.6) is 0 Å². The second kappa shape index (κ2) is 12.3. The normalized spacial score (nSPS) is 12.4. The van der Waals surface area contributed by atoms with Gasteiger partial charge in [-0.2, -0.15) is 4.37 Å². The fraction of sp³-hybridized carbons (Fsp3) is 0.379. The maximum Gasteiger partial charge on any atom is 0.264 e. The molecule has 2 aromatic heterocycles. The highest BCUT2D eigenvalue weighted by Gasteiger charge is 2.33. The van der Waals surface area contributed by atoms with Gasteiger partial charge in [-0.15, -0.1) is 0 Å². The highest BCUT2D eigenvalue weighted by atomic mass is 79.9. The summed E-state index contributed by atoms with van der Waals surface area (Å²) in [6, 6.07) is 16.9. The second-order valence-electron chi connectivity index (χ2n) is 10.1. The number of aromatic nitrogens is 3. The number of carbonyl (C=O) groups excluding carboxylic acids is 1. The smallest absolute Gasteiger partial charge is 0.264 e. The van der Waals surface area contributed by atoms with Crippen LogP contribution in [0.2, 0.25) is 0 Å². The first kappa shape index (κ1) is 28.1. The van der Waals surface area contributed by atoms with E-state index in [2.05, 4.69) is 39.1 Å². The minimum absolute atomic E-state index is 0.00847. The largest absolute Gasteiger partial charge is 0.328 e. The number of fused-ring (bicyclic) bond motifs is 1. The van der Waals surface area contributed by atoms with Crippen molar-refractivity contribution >= 4 is 43.6 Å². The fourth-order valence-electron chi connectivity index (χ4n) is 4.71. The van der Waals surface area contributed by atoms with Gasteiger partial charge in [0.2, 0.25) is 0 Å². The summed E-state index contributed by atoms with van der Waals surface area (Å²) in [5.41, 5.74) is 2.18. The lowest BCUT2D eigenvalue weighted by Gasteiger charge is -2.35. The molecule has 0 unspecified atom stereocenters. The molecule has 2 aromatic carbocycles. The molecule has 0 radical (unpaired) electrons. The zero-order valence-electron chi connectivity index (χ0n) is 22.5. The Bertz CT molecular complexity index is 1450. The SMILES string of the molecule is Cc1nsc2nc([C@H](C(C)C)N(CCCN(C)C)C(=O)c3ccc(Br)cc3)n(Cc3ccccc3)c(=O)c12. The summed E-state index contributed by atoms with van der Waals surface area (Å²) in [4.78, 5) is 37.7. The van der Waals surface area contributed by atoms with Crippen molar-refractivity contribution < 1.29 is 4.79 Å². The number of carbonyl (C=O) groups is 1. The molecule has 1 atom stereocenters. The van der Waals surface area contributed by atoms with Gasteiger partial charge in [0, 0.05) is 16.6 Å². The molecule has 0 bridgehead atoms. The summed E-state index contributed by atoms with van der Waals surface area (Å²) >= 11 is 4.71. The molecule has 0 N–H and O–H groups in total. The molecule has 0 saturated heterocycles. The number of hydrogen-bond acceptors (Lipinski definition) is 6. The average Bonchev–Trinajstić information content (AvgIpc) is 3.26. The zero-order valence-corrected chi connectivity index (χ0v) is 24.9. The fourth-order valence-corrected chi connectivity index (χ4v) is 5.75. The number of aryl methyl sites for hydroxylation is 1. The molecule has 1 amide bonds. The van der Waals surface area contributed by atoms with Gasteiger partial charge in [0.1, 0.15) is 5.82 Å². The lowest BCUT2D eigenvalue weighted by molar-refractivity contribution is 0.0595. The first-order valence-electron chi connectivity index (χ1n) is 12.8. The lowest BCUT2D eigenvalue weighted by atomic mass is 9.99. The van der Waals surface area contributed by atoms with Crippen LogP contribution in [-0.2, 0) is 6.54 Å². The standard InChI is InChI=1S/C29H34BrN5O2S/c1-19(2)25(34(17-9-16-33(4)5)28(36)22-12-14-23(30)15-13-22)26-31-27-24(20(3)32-38-27)29(37)35(26)18-21-10-7-6-8-11-21/h6-8,10-15,19,25H,9,16-18H2,1-5H3/t25-/m0/s1. The predicted molar refractivity (Wildman–Crippen MR) is 158 cm³/mol. The molecule has 200 valence electrons. The lowest BCUT2D eigenvalue weighted by Crippen LogP contribution is -2.42. The third kappa shape index (κ3) is 6.22. The Morgan fingerprint density at radius 3 is 2.37 bits per heavy atom. The Balaban J connectivity index is 1.89. The number of amides is 1. The van der Waals surface area contributed by atoms with Gasteiger partial charge in [-0.1, -0.05) is 60.1 Å². The van der Waals surface area contributed by atoms with Crippen LogP contribution in [0, 0.1) is 12.8 Å². The van der Waals surface area contributed by atoms with Crippen molar-refractivity contribution in [3.63, 3.8) is 0 Å². The Morgan fingerprint density at radius 2 is 1.74 bits per heavy atom. The van der Waals surface area contributed by atoms with Gasteiger partial charge in [0.25, 0.3) is 11.5 Å². The Labute approximate surface area is 236 Å². The van der Waals surface area contributed by atoms with E-state index in [0.717, 1.165) is 23.0 Å². The quantitative estimate of drug-likeness (QED) is 0.233. The molecule has 0 aliphatic rings. The van der Waals surface area contributed by atoms with E-state index in [9.17, 15) is 9.59 Å². The summed E-state index contributed by atoms with van der Waals surface area (Å²) in [6.45, 7) is 7.76. The van der Waals surface area contributed by atoms with Crippen LogP contribution in [0.25, 0.3) is 10.2 Å². The molecule has 0 aliphatic heterocycles. The molecule has 4 rings (SSSR count). The van der Waals surface area contributed by atoms with Crippen molar-refractivity contribution in [2.45, 2.75) is 39.8 Å². The third-order valence-electron chi connectivity index (χ3n) is 6.57. The molecular formula is C29H34BrN5O2S. The third-order valence-corrected chi connectivity index (χ3v) is 7.93. The Kier molecular flexibility index (Phi) is 9.12. The number of halogens is 1. The van der Waals surface area contributed by atoms with E-state index in [-0.39, 0.29) is 17.4 Å². The van der Waals surface area contributed by atoms with Gasteiger partial charge in [-0.05, 0) is 81.3 Å². The van der Waals surface area contributed by atoms with E-state index in [1.165, 1.54) is 11.5 Å². The van der Waals surface area contributed by atoms with Crippen LogP contribution >= 0.6 is 27.5 Å². The van der Waals surface area contributed by atoms with E-state index < -0.39 is 6.04 Å². The predicted octanol–water partition coefficient (Wildman–Crippen LogP) is 5.76. The minimum Gasteiger partial charge on any atom is -0.328 e. The zero-order chi connectivity index (χ0) is 27.4. The summed E-state index contributed by atoms with van der Waals surface area (Å²) < 4.78 is 7.09. The second-order valence-corrected chi connectivity index (χ2v) is 11.8. The maximum absolute atomic E-state index is 14.0. The number of hydrogen-bond donors (Lipinski definition) is 0. The van der Waals surface area contributed by atoms with Crippen molar-refractivity contribution in [2.24, 2.45) is 5.92 Å². The van der Waals surface area contributed by atoms with E-state index in [0.29, 0.717) is 40.4 Å². The molecule has 9 heteroatoms. The Hall–Kier alpha value is -2.88. The molecular weight excluding hydrogens is 562 g/mol. The van der Waals surface area contributed by atoms with Gasteiger partial charge < -0.3 is 9.80 Å². The summed E-state index contributed by atoms with van der Waals surface area (Å²) in [5, 5.41) is 0.551. The van der Waals surface area contributed by atoms with Crippen LogP contribution < -0.4 is 5.56 Å². The van der Waals surface area contributed by atoms with Gasteiger partial charge in [0.05, 0.1) is 23.7 Å². The number of nitrogens with zero attached hydrogens (tertiary/aromatic N) is 5. The molecule has 0 aliphatic carbocycles. The average molecular weight is 597 g/mol. The Morgan fingerprint density at radius 1 is 1.05 bits per heavy atom. The molecule has 0 fully saturated rings. The molecule has 4 aromatic rings. The van der Waals surface area contributed by atoms with Crippen LogP contribution in [0.1, 0.15) is 53.7 Å². The van der Waals surface area contributed by atoms with Crippen molar-refractivity contribution in [2.75, 3.05) is 27.2 Å². The monoisotopic (exact) mass is 595 g/mol. The van der Waals surface area contributed by atoms with Crippen molar-refractivity contribution in [1.82, 2.24) is 23.7 Å². The highest BCUT2D eigenvalue weighted by Crippen LogP contribution is 2.31. The minimum atomic E-state index is -0.406. The maximum atomic E-state index is 14.0. The van der Waals surface area contributed by atoms with Crippen LogP contribution in [0.15, 0.2) is 63.9 Å². The van der Waals surface area contributed by atoms with Gasteiger partial charge in [-0.3, -0.25) is 14.2 Å². The first-order chi connectivity index (χ1) is 18.2. The van der Waals surface area contributed by atoms with Crippen molar-refractivity contribution in [1.29, 1.82) is 0 Å². The van der Waals surface area contributed by atoms with Gasteiger partial charge in [-0.25, -0.2) is 4.98 Å². The van der Waals surface area contributed by atoms with E-state index in [1.54, 1.807) is 4.57 Å². The van der Waals surface area contributed by atoms with Crippen LogP contribution in [0.3, 0.4) is 0 Å². The molecule has 0 spiro atoms. The molecule has 38 heavy (non-hydrogen) atoms. The van der Waals surface area contributed by atoms with Crippen LogP contribution in [0.4, 0.5) is 0 Å². The first-order valence-corrected chi connectivity index (χ1v) is 14.4. The van der Waals surface area contributed by atoms with Crippen LogP contribution in [-0.4, -0.2) is 56.8 Å². The molecule has 0 saturated carbocycles. The molecule has 2 heterocycles. The van der Waals surface area contributed by atoms with E-state index in [1.807, 2.05) is 80.5 Å². The van der Waals surface area contributed by atoms with E-state index in [4.69, 9.17) is 4.98 Å². The summed E-state index contributed by atoms with van der Waals surface area (Å²) in [7, 11) is 4.06. The van der Waals surface area contributed by atoms with Crippen molar-refractivity contribution in [3.8, 4) is 0 Å². The summed E-state index contributed by atoms with van der Waals surface area (Å²) in [6.07, 6.45) is 0.795. The van der Waals surface area contributed by atoms with E-state index >= 15 is 0 Å². The van der Waals surface area contributed by atoms with Gasteiger partial charge >= 0.3 is 0 Å². The summed E-state index contributed by atoms with van der Waals surface area (Å²) in [5.74, 6) is 0.533. The van der Waals surface area contributed by atoms with Crippen molar-refractivity contribution in [3.05, 3.63) is 92.1 Å².